The predicted octanol–water partition coefficient (Wildman–Crippen LogP) is 2.92. The van der Waals surface area contributed by atoms with Gasteiger partial charge in [-0.2, -0.15) is 5.10 Å². The standard InChI is InChI=1S/C13H14BrFN4S/c1-8(7-19-6-2-5-17-19)18-10-4-3-9(13(16)20)11(14)12(10)15/h2-6,8,18H,7H2,1H3,(H2,16,20). The first-order valence-corrected chi connectivity index (χ1v) is 7.21. The predicted molar refractivity (Wildman–Crippen MR) is 85.3 cm³/mol. The largest absolute Gasteiger partial charge is 0.389 e. The van der Waals surface area contributed by atoms with Crippen molar-refractivity contribution in [3.8, 4) is 0 Å². The van der Waals surface area contributed by atoms with Gasteiger partial charge < -0.3 is 11.1 Å². The van der Waals surface area contributed by atoms with Gasteiger partial charge in [0.15, 0.2) is 5.82 Å². The number of aromatic nitrogens is 2. The maximum absolute atomic E-state index is 14.2. The second kappa shape index (κ2) is 6.32. The number of rotatable bonds is 5. The van der Waals surface area contributed by atoms with Gasteiger partial charge in [-0.25, -0.2) is 4.39 Å². The van der Waals surface area contributed by atoms with Crippen LogP contribution in [0.15, 0.2) is 35.1 Å². The van der Waals surface area contributed by atoms with Crippen LogP contribution in [0.25, 0.3) is 0 Å². The van der Waals surface area contributed by atoms with E-state index in [1.807, 2.05) is 19.2 Å². The van der Waals surface area contributed by atoms with Crippen LogP contribution in [0.1, 0.15) is 12.5 Å². The third-order valence-electron chi connectivity index (χ3n) is 2.77. The number of thiocarbonyl (C=S) groups is 1. The smallest absolute Gasteiger partial charge is 0.161 e. The summed E-state index contributed by atoms with van der Waals surface area (Å²) in [5.41, 5.74) is 6.42. The highest BCUT2D eigenvalue weighted by molar-refractivity contribution is 9.10. The molecule has 7 heteroatoms. The summed E-state index contributed by atoms with van der Waals surface area (Å²) in [6, 6.07) is 5.19. The van der Waals surface area contributed by atoms with Gasteiger partial charge >= 0.3 is 0 Å². The summed E-state index contributed by atoms with van der Waals surface area (Å²) in [5, 5.41) is 7.22. The van der Waals surface area contributed by atoms with Gasteiger partial charge in [0, 0.05) is 24.0 Å². The van der Waals surface area contributed by atoms with Gasteiger partial charge in [-0.15, -0.1) is 0 Å². The van der Waals surface area contributed by atoms with Crippen molar-refractivity contribution in [2.24, 2.45) is 5.73 Å². The van der Waals surface area contributed by atoms with E-state index in [0.29, 0.717) is 17.8 Å². The average molecular weight is 357 g/mol. The molecule has 0 saturated carbocycles. The maximum Gasteiger partial charge on any atom is 0.161 e. The molecule has 0 spiro atoms. The Morgan fingerprint density at radius 1 is 1.60 bits per heavy atom. The zero-order valence-corrected chi connectivity index (χ0v) is 13.2. The minimum atomic E-state index is -0.400. The zero-order chi connectivity index (χ0) is 14.7. The number of nitrogens with one attached hydrogen (secondary N) is 1. The molecule has 1 aromatic carbocycles. The topological polar surface area (TPSA) is 55.9 Å². The van der Waals surface area contributed by atoms with Crippen molar-refractivity contribution in [3.63, 3.8) is 0 Å². The summed E-state index contributed by atoms with van der Waals surface area (Å²) >= 11 is 8.05. The van der Waals surface area contributed by atoms with E-state index in [9.17, 15) is 4.39 Å². The summed E-state index contributed by atoms with van der Waals surface area (Å²) in [6.45, 7) is 2.59. The van der Waals surface area contributed by atoms with Gasteiger partial charge in [0.25, 0.3) is 0 Å². The Hall–Kier alpha value is -1.47. The third-order valence-corrected chi connectivity index (χ3v) is 3.76. The molecule has 0 aliphatic heterocycles. The SMILES string of the molecule is CC(Cn1cccn1)Nc1ccc(C(N)=S)c(Br)c1F. The van der Waals surface area contributed by atoms with Crippen LogP contribution in [0, 0.1) is 5.82 Å². The molecule has 3 N–H and O–H groups in total. The second-order valence-electron chi connectivity index (χ2n) is 4.43. The minimum Gasteiger partial charge on any atom is -0.389 e. The monoisotopic (exact) mass is 356 g/mol. The molecule has 1 unspecified atom stereocenters. The lowest BCUT2D eigenvalue weighted by Crippen LogP contribution is -2.23. The number of nitrogens with two attached hydrogens (primary N) is 1. The molecule has 0 aliphatic rings. The van der Waals surface area contributed by atoms with Crippen molar-refractivity contribution < 1.29 is 4.39 Å². The van der Waals surface area contributed by atoms with Crippen molar-refractivity contribution >= 4 is 38.8 Å². The van der Waals surface area contributed by atoms with E-state index >= 15 is 0 Å². The quantitative estimate of drug-likeness (QED) is 0.808. The van der Waals surface area contributed by atoms with Gasteiger partial charge in [-0.1, -0.05) is 12.2 Å². The molecular weight excluding hydrogens is 343 g/mol. The van der Waals surface area contributed by atoms with Crippen LogP contribution in [-0.2, 0) is 6.54 Å². The molecule has 20 heavy (non-hydrogen) atoms. The van der Waals surface area contributed by atoms with E-state index in [2.05, 4.69) is 26.3 Å². The lowest BCUT2D eigenvalue weighted by molar-refractivity contribution is 0.554. The Bertz CT molecular complexity index is 615. The Morgan fingerprint density at radius 3 is 2.95 bits per heavy atom. The molecule has 2 rings (SSSR count). The molecule has 1 aromatic heterocycles. The van der Waals surface area contributed by atoms with E-state index in [-0.39, 0.29) is 15.5 Å². The fourth-order valence-corrected chi connectivity index (χ4v) is 2.71. The van der Waals surface area contributed by atoms with E-state index < -0.39 is 5.82 Å². The first-order valence-electron chi connectivity index (χ1n) is 6.01. The first kappa shape index (κ1) is 14.9. The summed E-state index contributed by atoms with van der Waals surface area (Å²) in [7, 11) is 0. The molecule has 0 amide bonds. The van der Waals surface area contributed by atoms with Crippen LogP contribution in [0.2, 0.25) is 0 Å². The number of benzene rings is 1. The molecule has 1 atom stereocenters. The van der Waals surface area contributed by atoms with Crippen LogP contribution in [0.3, 0.4) is 0 Å². The number of hydrogen-bond donors (Lipinski definition) is 2. The molecule has 0 fully saturated rings. The molecule has 0 saturated heterocycles. The highest BCUT2D eigenvalue weighted by atomic mass is 79.9. The summed E-state index contributed by atoms with van der Waals surface area (Å²) in [6.07, 6.45) is 3.57. The van der Waals surface area contributed by atoms with Crippen LogP contribution in [0.5, 0.6) is 0 Å². The fourth-order valence-electron chi connectivity index (χ4n) is 1.85. The molecule has 0 radical (unpaired) electrons. The van der Waals surface area contributed by atoms with Gasteiger partial charge in [0.05, 0.1) is 16.7 Å². The van der Waals surface area contributed by atoms with Crippen molar-refractivity contribution in [2.45, 2.75) is 19.5 Å². The highest BCUT2D eigenvalue weighted by Gasteiger charge is 2.14. The third kappa shape index (κ3) is 3.34. The number of halogens is 2. The molecule has 4 nitrogen and oxygen atoms in total. The Kier molecular flexibility index (Phi) is 4.72. The van der Waals surface area contributed by atoms with E-state index in [0.717, 1.165) is 0 Å². The number of hydrogen-bond acceptors (Lipinski definition) is 3. The number of nitrogens with zero attached hydrogens (tertiary/aromatic N) is 2. The van der Waals surface area contributed by atoms with Gasteiger partial charge in [0.1, 0.15) is 4.99 Å². The van der Waals surface area contributed by atoms with Crippen molar-refractivity contribution in [3.05, 3.63) is 46.4 Å². The molecule has 2 aromatic rings. The first-order chi connectivity index (χ1) is 9.49. The van der Waals surface area contributed by atoms with Crippen molar-refractivity contribution in [2.75, 3.05) is 5.32 Å². The Balaban J connectivity index is 2.13. The van der Waals surface area contributed by atoms with Crippen LogP contribution < -0.4 is 11.1 Å². The Labute approximate surface area is 130 Å². The van der Waals surface area contributed by atoms with E-state index in [1.165, 1.54) is 0 Å². The maximum atomic E-state index is 14.2. The lowest BCUT2D eigenvalue weighted by Gasteiger charge is -2.17. The van der Waals surface area contributed by atoms with Crippen LogP contribution in [0.4, 0.5) is 10.1 Å². The van der Waals surface area contributed by atoms with Gasteiger partial charge in [-0.3, -0.25) is 4.68 Å². The average Bonchev–Trinajstić information content (AvgIpc) is 2.87. The normalized spacial score (nSPS) is 12.2. The zero-order valence-electron chi connectivity index (χ0n) is 10.8. The van der Waals surface area contributed by atoms with Crippen molar-refractivity contribution in [1.29, 1.82) is 0 Å². The van der Waals surface area contributed by atoms with E-state index in [4.69, 9.17) is 18.0 Å². The molecule has 0 bridgehead atoms. The van der Waals surface area contributed by atoms with E-state index in [1.54, 1.807) is 23.0 Å². The summed E-state index contributed by atoms with van der Waals surface area (Å²) in [4.78, 5) is 0.159. The fraction of sp³-hybridized carbons (Fsp3) is 0.231. The minimum absolute atomic E-state index is 0.0204. The van der Waals surface area contributed by atoms with Crippen LogP contribution >= 0.6 is 28.1 Å². The highest BCUT2D eigenvalue weighted by Crippen LogP contribution is 2.27. The Morgan fingerprint density at radius 2 is 2.35 bits per heavy atom. The summed E-state index contributed by atoms with van der Waals surface area (Å²) < 4.78 is 16.3. The van der Waals surface area contributed by atoms with Gasteiger partial charge in [0.2, 0.25) is 0 Å². The van der Waals surface area contributed by atoms with Crippen LogP contribution in [-0.4, -0.2) is 20.8 Å². The second-order valence-corrected chi connectivity index (χ2v) is 5.66. The summed E-state index contributed by atoms with van der Waals surface area (Å²) in [5.74, 6) is -0.400. The lowest BCUT2D eigenvalue weighted by atomic mass is 10.2. The number of anilines is 1. The molecule has 106 valence electrons. The van der Waals surface area contributed by atoms with Gasteiger partial charge in [-0.05, 0) is 41.1 Å². The molecule has 0 aliphatic carbocycles. The molecular formula is C13H14BrFN4S. The molecule has 1 heterocycles. The van der Waals surface area contributed by atoms with Crippen molar-refractivity contribution in [1.82, 2.24) is 9.78 Å².